The molecule has 0 amide bonds. The van der Waals surface area contributed by atoms with Gasteiger partial charge in [-0.15, -0.1) is 0 Å². The Labute approximate surface area is 251 Å². The van der Waals surface area contributed by atoms with Crippen LogP contribution in [-0.2, 0) is 43.0 Å². The first-order valence-electron chi connectivity index (χ1n) is 13.8. The van der Waals surface area contributed by atoms with Crippen molar-refractivity contribution in [1.82, 2.24) is 0 Å². The molecule has 1 atom stereocenters. The van der Waals surface area contributed by atoms with Crippen LogP contribution >= 0.6 is 7.14 Å². The molecule has 0 spiro atoms. The molecule has 10 heteroatoms. The lowest BCUT2D eigenvalue weighted by molar-refractivity contribution is -0.165. The standard InChI is InChI=1S/C34H27O9P/c35-29(36)33(30(37)38)17-22-12-11-20(15-23(22)18-33)21-13-14-27-24(16-21)19-34(31(39)40,32(41)42)28(27)44(43,25-7-3-1-4-8-25)26-9-5-2-6-10-26/h1-16,28H,17-19H2,(H,35,36)(H,37,38)(H,39,40)(H,41,42). The van der Waals surface area contributed by atoms with Crippen LogP contribution in [0.1, 0.15) is 27.9 Å². The Hall–Kier alpha value is -5.01. The molecule has 9 nitrogen and oxygen atoms in total. The average Bonchev–Trinajstić information content (AvgIpc) is 3.59. The monoisotopic (exact) mass is 610 g/mol. The van der Waals surface area contributed by atoms with Gasteiger partial charge in [0.25, 0.3) is 0 Å². The third-order valence-corrected chi connectivity index (χ3v) is 12.7. The second kappa shape index (κ2) is 10.3. The molecular weight excluding hydrogens is 583 g/mol. The molecule has 6 rings (SSSR count). The first-order chi connectivity index (χ1) is 20.9. The minimum absolute atomic E-state index is 0.146. The molecule has 2 aliphatic carbocycles. The number of carboxylic acid groups (broad SMARTS) is 4. The number of hydrogen-bond acceptors (Lipinski definition) is 5. The highest BCUT2D eigenvalue weighted by molar-refractivity contribution is 7.79. The molecule has 0 fully saturated rings. The Bertz CT molecular complexity index is 1830. The molecule has 0 bridgehead atoms. The van der Waals surface area contributed by atoms with Crippen LogP contribution in [0.15, 0.2) is 97.1 Å². The van der Waals surface area contributed by atoms with Gasteiger partial charge in [-0.05, 0) is 46.2 Å². The van der Waals surface area contributed by atoms with Crippen molar-refractivity contribution in [1.29, 1.82) is 0 Å². The Kier molecular flexibility index (Phi) is 6.82. The van der Waals surface area contributed by atoms with Gasteiger partial charge in [0.1, 0.15) is 0 Å². The fraction of sp³-hybridized carbons (Fsp3) is 0.176. The fourth-order valence-corrected chi connectivity index (χ4v) is 10.5. The molecule has 0 saturated heterocycles. The maximum atomic E-state index is 15.4. The summed E-state index contributed by atoms with van der Waals surface area (Å²) in [6, 6.07) is 26.9. The zero-order valence-corrected chi connectivity index (χ0v) is 24.1. The summed E-state index contributed by atoms with van der Waals surface area (Å²) in [5.74, 6) is -6.00. The van der Waals surface area contributed by atoms with Crippen molar-refractivity contribution in [2.75, 3.05) is 0 Å². The molecule has 0 aromatic heterocycles. The molecular formula is C34H27O9P. The number of carboxylic acids is 4. The predicted molar refractivity (Wildman–Crippen MR) is 161 cm³/mol. The molecule has 4 aromatic rings. The van der Waals surface area contributed by atoms with E-state index in [1.165, 1.54) is 0 Å². The van der Waals surface area contributed by atoms with E-state index in [1.54, 1.807) is 97.1 Å². The summed E-state index contributed by atoms with van der Waals surface area (Å²) < 4.78 is 15.4. The van der Waals surface area contributed by atoms with Gasteiger partial charge in [-0.3, -0.25) is 19.2 Å². The Morgan fingerprint density at radius 3 is 1.55 bits per heavy atom. The fourth-order valence-electron chi connectivity index (χ4n) is 6.85. The minimum Gasteiger partial charge on any atom is -0.480 e. The van der Waals surface area contributed by atoms with Gasteiger partial charge in [0.05, 0.1) is 5.66 Å². The molecule has 0 aliphatic heterocycles. The SMILES string of the molecule is O=C(O)C1(C(=O)O)Cc2ccc(-c3ccc4c(c3)CC(C(=O)O)(C(=O)O)C4P(=O)(c3ccccc3)c3ccccc3)cc2C1. The van der Waals surface area contributed by atoms with Gasteiger partial charge in [0.15, 0.2) is 18.0 Å². The Morgan fingerprint density at radius 1 is 0.568 bits per heavy atom. The van der Waals surface area contributed by atoms with Crippen LogP contribution in [0.3, 0.4) is 0 Å². The summed E-state index contributed by atoms with van der Waals surface area (Å²) in [5, 5.41) is 41.2. The van der Waals surface area contributed by atoms with E-state index in [9.17, 15) is 39.6 Å². The molecule has 2 aliphatic rings. The Morgan fingerprint density at radius 2 is 1.05 bits per heavy atom. The molecule has 0 saturated carbocycles. The zero-order chi connectivity index (χ0) is 31.4. The lowest BCUT2D eigenvalue weighted by Gasteiger charge is -2.34. The molecule has 44 heavy (non-hydrogen) atoms. The summed E-state index contributed by atoms with van der Waals surface area (Å²) in [5.41, 5.74) is -2.57. The maximum Gasteiger partial charge on any atom is 0.322 e. The van der Waals surface area contributed by atoms with Crippen LogP contribution in [0.25, 0.3) is 11.1 Å². The number of rotatable bonds is 8. The highest BCUT2D eigenvalue weighted by atomic mass is 31.2. The number of benzene rings is 4. The molecule has 222 valence electrons. The van der Waals surface area contributed by atoms with Crippen LogP contribution in [0.4, 0.5) is 0 Å². The summed E-state index contributed by atoms with van der Waals surface area (Å²) in [4.78, 5) is 49.8. The molecule has 4 N–H and O–H groups in total. The van der Waals surface area contributed by atoms with E-state index >= 15 is 4.57 Å². The summed E-state index contributed by atoms with van der Waals surface area (Å²) in [6.07, 6.45) is -0.735. The maximum absolute atomic E-state index is 15.4. The lowest BCUT2D eigenvalue weighted by Crippen LogP contribution is -2.45. The van der Waals surface area contributed by atoms with E-state index in [2.05, 4.69) is 0 Å². The van der Waals surface area contributed by atoms with Crippen molar-refractivity contribution >= 4 is 41.6 Å². The van der Waals surface area contributed by atoms with E-state index in [0.29, 0.717) is 44.0 Å². The van der Waals surface area contributed by atoms with Gasteiger partial charge in [-0.1, -0.05) is 97.1 Å². The van der Waals surface area contributed by atoms with E-state index in [4.69, 9.17) is 0 Å². The second-order valence-corrected chi connectivity index (χ2v) is 14.3. The van der Waals surface area contributed by atoms with Crippen molar-refractivity contribution in [2.45, 2.75) is 24.9 Å². The summed E-state index contributed by atoms with van der Waals surface area (Å²) >= 11 is 0. The van der Waals surface area contributed by atoms with Crippen LogP contribution in [0, 0.1) is 10.8 Å². The largest absolute Gasteiger partial charge is 0.480 e. The van der Waals surface area contributed by atoms with Crippen LogP contribution in [-0.4, -0.2) is 44.3 Å². The Balaban J connectivity index is 1.52. The first kappa shape index (κ1) is 29.1. The normalized spacial score (nSPS) is 17.8. The first-order valence-corrected chi connectivity index (χ1v) is 15.6. The van der Waals surface area contributed by atoms with Gasteiger partial charge in [0.2, 0.25) is 0 Å². The second-order valence-electron chi connectivity index (χ2n) is 11.4. The molecule has 0 radical (unpaired) electrons. The van der Waals surface area contributed by atoms with Crippen LogP contribution < -0.4 is 10.6 Å². The van der Waals surface area contributed by atoms with Crippen molar-refractivity contribution in [3.8, 4) is 11.1 Å². The summed E-state index contributed by atoms with van der Waals surface area (Å²) in [7, 11) is -3.94. The zero-order valence-electron chi connectivity index (χ0n) is 23.2. The number of fused-ring (bicyclic) bond motifs is 2. The minimum atomic E-state index is -3.94. The van der Waals surface area contributed by atoms with Crippen molar-refractivity contribution in [3.05, 3.63) is 119 Å². The molecule has 0 heterocycles. The quantitative estimate of drug-likeness (QED) is 0.167. The molecule has 4 aromatic carbocycles. The smallest absolute Gasteiger partial charge is 0.322 e. The number of aliphatic carboxylic acids is 4. The highest BCUT2D eigenvalue weighted by Gasteiger charge is 2.64. The van der Waals surface area contributed by atoms with Crippen LogP contribution in [0.5, 0.6) is 0 Å². The van der Waals surface area contributed by atoms with E-state index < -0.39 is 53.9 Å². The topological polar surface area (TPSA) is 166 Å². The predicted octanol–water partition coefficient (Wildman–Crippen LogP) is 4.37. The average molecular weight is 611 g/mol. The van der Waals surface area contributed by atoms with Crippen molar-refractivity contribution in [2.24, 2.45) is 10.8 Å². The number of carbonyl (C=O) groups is 4. The van der Waals surface area contributed by atoms with Gasteiger partial charge in [-0.25, -0.2) is 0 Å². The van der Waals surface area contributed by atoms with Gasteiger partial charge in [-0.2, -0.15) is 0 Å². The van der Waals surface area contributed by atoms with E-state index in [0.717, 1.165) is 0 Å². The van der Waals surface area contributed by atoms with Gasteiger partial charge in [0, 0.05) is 17.0 Å². The van der Waals surface area contributed by atoms with Crippen molar-refractivity contribution in [3.63, 3.8) is 0 Å². The van der Waals surface area contributed by atoms with Crippen LogP contribution in [0.2, 0.25) is 0 Å². The van der Waals surface area contributed by atoms with Gasteiger partial charge >= 0.3 is 23.9 Å². The van der Waals surface area contributed by atoms with E-state index in [-0.39, 0.29) is 12.8 Å². The summed E-state index contributed by atoms with van der Waals surface area (Å²) in [6.45, 7) is 0. The lowest BCUT2D eigenvalue weighted by atomic mass is 9.84. The third-order valence-electron chi connectivity index (χ3n) is 9.12. The molecule has 1 unspecified atom stereocenters. The number of hydrogen-bond donors (Lipinski definition) is 4. The highest BCUT2D eigenvalue weighted by Crippen LogP contribution is 2.68. The van der Waals surface area contributed by atoms with E-state index in [1.807, 2.05) is 0 Å². The van der Waals surface area contributed by atoms with Crippen molar-refractivity contribution < 1.29 is 44.2 Å². The van der Waals surface area contributed by atoms with Gasteiger partial charge < -0.3 is 25.0 Å². The third kappa shape index (κ3) is 4.11.